The molecule has 0 unspecified atom stereocenters. The van der Waals surface area contributed by atoms with E-state index in [2.05, 4.69) is 29.0 Å². The molecule has 2 N–H and O–H groups in total. The highest BCUT2D eigenvalue weighted by Gasteiger charge is 2.21. The predicted octanol–water partition coefficient (Wildman–Crippen LogP) is 0.105. The van der Waals surface area contributed by atoms with Gasteiger partial charge in [-0.05, 0) is 11.6 Å². The Balaban J connectivity index is 1.99. The first kappa shape index (κ1) is 16.3. The summed E-state index contributed by atoms with van der Waals surface area (Å²) < 4.78 is 29.6. The molecule has 0 saturated carbocycles. The fourth-order valence-electron chi connectivity index (χ4n) is 1.87. The molecular weight excluding hydrogens is 292 g/mol. The minimum Gasteiger partial charge on any atom is -0.379 e. The van der Waals surface area contributed by atoms with E-state index in [4.69, 9.17) is 4.74 Å². The highest BCUT2D eigenvalue weighted by molar-refractivity contribution is 7.89. The first-order chi connectivity index (χ1) is 9.97. The Morgan fingerprint density at radius 1 is 1.33 bits per heavy atom. The van der Waals surface area contributed by atoms with Gasteiger partial charge in [-0.15, -0.1) is 4.83 Å². The molecule has 0 atom stereocenters. The molecule has 0 spiro atoms. The molecule has 0 aromatic carbocycles. The number of ether oxygens (including phenoxy) is 1. The summed E-state index contributed by atoms with van der Waals surface area (Å²) in [6.45, 7) is 6.90. The van der Waals surface area contributed by atoms with Crippen molar-refractivity contribution < 1.29 is 13.2 Å². The number of aromatic nitrogens is 1. The maximum Gasteiger partial charge on any atom is 0.270 e. The van der Waals surface area contributed by atoms with Crippen LogP contribution >= 0.6 is 0 Å². The van der Waals surface area contributed by atoms with E-state index in [0.717, 1.165) is 5.56 Å². The third-order valence-corrected chi connectivity index (χ3v) is 4.34. The summed E-state index contributed by atoms with van der Waals surface area (Å²) in [7, 11) is -3.62. The van der Waals surface area contributed by atoms with Gasteiger partial charge in [0.1, 0.15) is 0 Å². The summed E-state index contributed by atoms with van der Waals surface area (Å²) in [6.07, 6.45) is 1.59. The second kappa shape index (κ2) is 7.28. The number of hydrazine groups is 1. The lowest BCUT2D eigenvalue weighted by atomic mass is 10.2. The molecule has 8 heteroatoms. The van der Waals surface area contributed by atoms with Crippen molar-refractivity contribution in [2.24, 2.45) is 0 Å². The molecule has 1 aliphatic heterocycles. The third-order valence-electron chi connectivity index (χ3n) is 3.05. The molecule has 0 amide bonds. The van der Waals surface area contributed by atoms with Crippen molar-refractivity contribution in [2.45, 2.75) is 31.5 Å². The van der Waals surface area contributed by atoms with Crippen molar-refractivity contribution in [2.75, 3.05) is 26.3 Å². The van der Waals surface area contributed by atoms with Gasteiger partial charge in [0.05, 0.1) is 13.2 Å². The average molecular weight is 314 g/mol. The average Bonchev–Trinajstić information content (AvgIpc) is 2.46. The summed E-state index contributed by atoms with van der Waals surface area (Å²) in [6, 6.07) is 3.67. The van der Waals surface area contributed by atoms with E-state index in [0.29, 0.717) is 38.9 Å². The number of rotatable bonds is 6. The van der Waals surface area contributed by atoms with Crippen LogP contribution < -0.4 is 10.1 Å². The summed E-state index contributed by atoms with van der Waals surface area (Å²) in [4.78, 5) is 6.57. The predicted molar refractivity (Wildman–Crippen MR) is 78.9 cm³/mol. The Morgan fingerprint density at radius 2 is 2.05 bits per heavy atom. The fraction of sp³-hybridized carbons (Fsp3) is 0.615. The molecule has 1 aliphatic rings. The van der Waals surface area contributed by atoms with Gasteiger partial charge >= 0.3 is 0 Å². The van der Waals surface area contributed by atoms with Crippen LogP contribution in [0.1, 0.15) is 19.4 Å². The van der Waals surface area contributed by atoms with Gasteiger partial charge in [-0.2, -0.15) is 0 Å². The molecule has 1 saturated heterocycles. The van der Waals surface area contributed by atoms with Gasteiger partial charge < -0.3 is 10.1 Å². The number of nitrogens with one attached hydrogen (secondary N) is 2. The van der Waals surface area contributed by atoms with E-state index in [1.165, 1.54) is 6.07 Å². The minimum absolute atomic E-state index is 0.0299. The topological polar surface area (TPSA) is 83.6 Å². The summed E-state index contributed by atoms with van der Waals surface area (Å²) in [5.41, 5.74) is 0.953. The van der Waals surface area contributed by atoms with Crippen molar-refractivity contribution in [3.05, 3.63) is 23.9 Å². The van der Waals surface area contributed by atoms with Crippen LogP contribution in [0.25, 0.3) is 0 Å². The maximum absolute atomic E-state index is 12.2. The lowest BCUT2D eigenvalue weighted by Gasteiger charge is -2.26. The zero-order chi connectivity index (χ0) is 15.3. The molecule has 0 radical (unpaired) electrons. The lowest BCUT2D eigenvalue weighted by molar-refractivity contribution is 0.0272. The number of hydrogen-bond donors (Lipinski definition) is 2. The molecular formula is C13H22N4O3S. The zero-order valence-corrected chi connectivity index (χ0v) is 13.2. The van der Waals surface area contributed by atoms with Crippen molar-refractivity contribution in [3.8, 4) is 0 Å². The van der Waals surface area contributed by atoms with Gasteiger partial charge in [-0.1, -0.05) is 19.9 Å². The summed E-state index contributed by atoms with van der Waals surface area (Å²) >= 11 is 0. The van der Waals surface area contributed by atoms with E-state index >= 15 is 0 Å². The van der Waals surface area contributed by atoms with Crippen LogP contribution in [-0.2, 0) is 21.3 Å². The Kier molecular flexibility index (Phi) is 5.65. The van der Waals surface area contributed by atoms with E-state index in [1.807, 2.05) is 0 Å². The monoisotopic (exact) mass is 314 g/mol. The highest BCUT2D eigenvalue weighted by atomic mass is 32.2. The molecule has 1 aromatic rings. The second-order valence-corrected chi connectivity index (χ2v) is 6.84. The third kappa shape index (κ3) is 5.01. The van der Waals surface area contributed by atoms with Crippen molar-refractivity contribution in [1.82, 2.24) is 20.1 Å². The summed E-state index contributed by atoms with van der Waals surface area (Å²) in [5.74, 6) is 0. The van der Waals surface area contributed by atoms with Crippen LogP contribution in [0.3, 0.4) is 0 Å². The van der Waals surface area contributed by atoms with Gasteiger partial charge in [0.15, 0.2) is 5.03 Å². The van der Waals surface area contributed by atoms with Crippen LogP contribution in [-0.4, -0.2) is 50.8 Å². The second-order valence-electron chi connectivity index (χ2n) is 5.23. The minimum atomic E-state index is -3.62. The zero-order valence-electron chi connectivity index (χ0n) is 12.4. The number of morpholine rings is 1. The molecule has 2 heterocycles. The number of sulfonamides is 1. The number of nitrogens with zero attached hydrogens (tertiary/aromatic N) is 2. The summed E-state index contributed by atoms with van der Waals surface area (Å²) in [5, 5.41) is 4.92. The van der Waals surface area contributed by atoms with E-state index < -0.39 is 10.0 Å². The van der Waals surface area contributed by atoms with Crippen LogP contribution in [0.2, 0.25) is 0 Å². The van der Waals surface area contributed by atoms with Gasteiger partial charge in [-0.25, -0.2) is 18.4 Å². The van der Waals surface area contributed by atoms with Crippen molar-refractivity contribution in [1.29, 1.82) is 0 Å². The van der Waals surface area contributed by atoms with Crippen LogP contribution in [0.5, 0.6) is 0 Å². The van der Waals surface area contributed by atoms with Gasteiger partial charge in [0.2, 0.25) is 0 Å². The lowest BCUT2D eigenvalue weighted by Crippen LogP contribution is -2.48. The number of pyridine rings is 1. The van der Waals surface area contributed by atoms with Crippen LogP contribution in [0, 0.1) is 0 Å². The molecule has 7 nitrogen and oxygen atoms in total. The molecule has 2 rings (SSSR count). The van der Waals surface area contributed by atoms with Gasteiger partial charge in [0.25, 0.3) is 10.0 Å². The van der Waals surface area contributed by atoms with Gasteiger partial charge in [0, 0.05) is 31.9 Å². The number of hydrogen-bond acceptors (Lipinski definition) is 6. The Morgan fingerprint density at radius 3 is 2.62 bits per heavy atom. The molecule has 21 heavy (non-hydrogen) atoms. The van der Waals surface area contributed by atoms with E-state index in [9.17, 15) is 8.42 Å². The first-order valence-corrected chi connectivity index (χ1v) is 8.49. The fourth-order valence-corrected chi connectivity index (χ4v) is 2.92. The van der Waals surface area contributed by atoms with Crippen molar-refractivity contribution >= 4 is 10.0 Å². The Labute approximate surface area is 125 Å². The molecule has 0 bridgehead atoms. The maximum atomic E-state index is 12.2. The molecule has 1 fully saturated rings. The Hall–Kier alpha value is -1.06. The quantitative estimate of drug-likeness (QED) is 0.775. The normalized spacial score (nSPS) is 17.3. The van der Waals surface area contributed by atoms with Gasteiger partial charge in [-0.3, -0.25) is 0 Å². The molecule has 0 aliphatic carbocycles. The largest absolute Gasteiger partial charge is 0.379 e. The first-order valence-electron chi connectivity index (χ1n) is 7.01. The Bertz CT molecular complexity index is 539. The van der Waals surface area contributed by atoms with Crippen LogP contribution in [0.15, 0.2) is 23.4 Å². The van der Waals surface area contributed by atoms with E-state index in [1.54, 1.807) is 17.3 Å². The highest BCUT2D eigenvalue weighted by Crippen LogP contribution is 2.08. The SMILES string of the molecule is CC(C)NCc1ccc(S(=O)(=O)NN2CCOCC2)nc1. The van der Waals surface area contributed by atoms with E-state index in [-0.39, 0.29) is 5.03 Å². The molecule has 1 aromatic heterocycles. The standard InChI is InChI=1S/C13H22N4O3S/c1-11(2)14-9-12-3-4-13(15-10-12)21(18,19)16-17-5-7-20-8-6-17/h3-4,10-11,14,16H,5-9H2,1-2H3. The molecule has 118 valence electrons. The van der Waals surface area contributed by atoms with Crippen LogP contribution in [0.4, 0.5) is 0 Å². The van der Waals surface area contributed by atoms with Crippen molar-refractivity contribution in [3.63, 3.8) is 0 Å². The smallest absolute Gasteiger partial charge is 0.270 e.